The van der Waals surface area contributed by atoms with Gasteiger partial charge >= 0.3 is 0 Å². The van der Waals surface area contributed by atoms with Gasteiger partial charge in [-0.2, -0.15) is 0 Å². The fourth-order valence-electron chi connectivity index (χ4n) is 6.41. The first-order chi connectivity index (χ1) is 23.1. The van der Waals surface area contributed by atoms with E-state index >= 15 is 0 Å². The molecule has 280 valence electrons. The van der Waals surface area contributed by atoms with Crippen molar-refractivity contribution in [3.8, 4) is 0 Å². The molecule has 0 aliphatic rings. The van der Waals surface area contributed by atoms with Gasteiger partial charge in [0, 0.05) is 18.8 Å². The maximum absolute atomic E-state index is 6.48. The maximum Gasteiger partial charge on any atom is 0.130 e. The standard InChI is InChI=1S/C44H80NO2.ClH/c1-5-7-9-11-13-15-17-19-21-23-25-27-29-34-38-46-42-44(41-45(3,4)40-43-36-32-31-33-37-43)47-39-35-30-28-26-24-22-20-18-16-14-12-10-8-6-2;/h19-22,31-33,36-37,44H,5-18,23-30,34-35,38-42H2,1-4H3;1H/q+1;/p-1/b21-19+,22-20+;. The Kier molecular flexibility index (Phi) is 34.8. The molecule has 0 N–H and O–H groups in total. The van der Waals surface area contributed by atoms with E-state index in [4.69, 9.17) is 9.47 Å². The van der Waals surface area contributed by atoms with E-state index in [1.54, 1.807) is 0 Å². The summed E-state index contributed by atoms with van der Waals surface area (Å²) in [6.07, 6.45) is 41.5. The van der Waals surface area contributed by atoms with E-state index in [-0.39, 0.29) is 18.5 Å². The summed E-state index contributed by atoms with van der Waals surface area (Å²) in [5.74, 6) is 0. The smallest absolute Gasteiger partial charge is 0.130 e. The zero-order chi connectivity index (χ0) is 33.9. The number of rotatable bonds is 35. The summed E-state index contributed by atoms with van der Waals surface area (Å²) in [6.45, 7) is 8.98. The average Bonchev–Trinajstić information content (AvgIpc) is 3.06. The number of quaternary nitrogens is 1. The molecule has 1 aromatic rings. The molecule has 1 rings (SSSR count). The highest BCUT2D eigenvalue weighted by atomic mass is 35.5. The van der Waals surface area contributed by atoms with Crippen LogP contribution >= 0.6 is 0 Å². The molecular formula is C44H80ClNO2. The first kappa shape index (κ1) is 46.9. The fourth-order valence-corrected chi connectivity index (χ4v) is 6.41. The van der Waals surface area contributed by atoms with Gasteiger partial charge in [-0.05, 0) is 64.2 Å². The summed E-state index contributed by atoms with van der Waals surface area (Å²) < 4.78 is 13.6. The molecule has 48 heavy (non-hydrogen) atoms. The Morgan fingerprint density at radius 2 is 0.958 bits per heavy atom. The Morgan fingerprint density at radius 3 is 1.44 bits per heavy atom. The number of allylic oxidation sites excluding steroid dienone is 4. The molecule has 1 unspecified atom stereocenters. The SMILES string of the molecule is CCCCCCCC/C=C/CCCCCCOCC(C[N+](C)(C)Cc1ccccc1)OCCCCCC/C=C/CCCCCCCC.[Cl-]. The topological polar surface area (TPSA) is 18.5 Å². The van der Waals surface area contributed by atoms with E-state index in [1.165, 1.54) is 147 Å². The van der Waals surface area contributed by atoms with Gasteiger partial charge in [0.1, 0.15) is 19.2 Å². The van der Waals surface area contributed by atoms with Crippen molar-refractivity contribution in [1.29, 1.82) is 0 Å². The molecule has 0 aliphatic carbocycles. The molecule has 0 saturated heterocycles. The van der Waals surface area contributed by atoms with Crippen LogP contribution < -0.4 is 12.4 Å². The van der Waals surface area contributed by atoms with Crippen LogP contribution in [0.15, 0.2) is 54.6 Å². The molecular weight excluding hydrogens is 610 g/mol. The first-order valence-electron chi connectivity index (χ1n) is 20.4. The lowest BCUT2D eigenvalue weighted by Crippen LogP contribution is -3.00. The number of unbranched alkanes of at least 4 members (excludes halogenated alkanes) is 20. The molecule has 3 nitrogen and oxygen atoms in total. The zero-order valence-electron chi connectivity index (χ0n) is 32.4. The molecule has 0 aliphatic heterocycles. The van der Waals surface area contributed by atoms with Gasteiger partial charge in [-0.1, -0.05) is 158 Å². The van der Waals surface area contributed by atoms with Crippen LogP contribution in [0.25, 0.3) is 0 Å². The second-order valence-corrected chi connectivity index (χ2v) is 14.8. The molecule has 1 atom stereocenters. The minimum absolute atomic E-state index is 0. The lowest BCUT2D eigenvalue weighted by Gasteiger charge is -2.33. The quantitative estimate of drug-likeness (QED) is 0.0401. The maximum atomic E-state index is 6.48. The van der Waals surface area contributed by atoms with E-state index in [1.807, 2.05) is 0 Å². The number of halogens is 1. The Bertz CT molecular complexity index is 824. The van der Waals surface area contributed by atoms with E-state index in [0.29, 0.717) is 6.61 Å². The van der Waals surface area contributed by atoms with Crippen molar-refractivity contribution >= 4 is 0 Å². The predicted molar refractivity (Wildman–Crippen MR) is 208 cm³/mol. The van der Waals surface area contributed by atoms with Crippen LogP contribution in [-0.2, 0) is 16.0 Å². The van der Waals surface area contributed by atoms with Crippen LogP contribution in [0.3, 0.4) is 0 Å². The summed E-state index contributed by atoms with van der Waals surface area (Å²) in [5, 5.41) is 0. The van der Waals surface area contributed by atoms with Crippen molar-refractivity contribution in [2.75, 3.05) is 40.5 Å². The molecule has 0 fully saturated rings. The number of ether oxygens (including phenoxy) is 2. The summed E-state index contributed by atoms with van der Waals surface area (Å²) in [7, 11) is 4.65. The number of likely N-dealkylation sites (N-methyl/N-ethyl adjacent to an activating group) is 1. The van der Waals surface area contributed by atoms with Crippen molar-refractivity contribution in [2.24, 2.45) is 0 Å². The first-order valence-corrected chi connectivity index (χ1v) is 20.4. The second kappa shape index (κ2) is 35.7. The third-order valence-electron chi connectivity index (χ3n) is 9.27. The van der Waals surface area contributed by atoms with E-state index < -0.39 is 0 Å². The molecule has 0 radical (unpaired) electrons. The van der Waals surface area contributed by atoms with Crippen molar-refractivity contribution in [2.45, 2.75) is 181 Å². The van der Waals surface area contributed by atoms with Crippen LogP contribution in [0.4, 0.5) is 0 Å². The molecule has 0 aromatic heterocycles. The fraction of sp³-hybridized carbons (Fsp3) is 0.773. The van der Waals surface area contributed by atoms with E-state index in [0.717, 1.165) is 43.6 Å². The number of hydrogen-bond acceptors (Lipinski definition) is 2. The van der Waals surface area contributed by atoms with Gasteiger partial charge in [-0.15, -0.1) is 0 Å². The van der Waals surface area contributed by atoms with Crippen molar-refractivity contribution in [1.82, 2.24) is 0 Å². The molecule has 0 spiro atoms. The minimum Gasteiger partial charge on any atom is -1.00 e. The lowest BCUT2D eigenvalue weighted by molar-refractivity contribution is -0.906. The second-order valence-electron chi connectivity index (χ2n) is 14.8. The molecule has 0 amide bonds. The van der Waals surface area contributed by atoms with Gasteiger partial charge in [-0.3, -0.25) is 0 Å². The van der Waals surface area contributed by atoms with Gasteiger partial charge in [0.05, 0.1) is 20.7 Å². The lowest BCUT2D eigenvalue weighted by atomic mass is 10.1. The predicted octanol–water partition coefficient (Wildman–Crippen LogP) is 10.2. The molecule has 1 aromatic carbocycles. The average molecular weight is 691 g/mol. The monoisotopic (exact) mass is 690 g/mol. The van der Waals surface area contributed by atoms with Gasteiger partial charge in [0.15, 0.2) is 0 Å². The summed E-state index contributed by atoms with van der Waals surface area (Å²) in [4.78, 5) is 0. The Morgan fingerprint density at radius 1 is 0.542 bits per heavy atom. The molecule has 0 heterocycles. The van der Waals surface area contributed by atoms with Crippen molar-refractivity contribution in [3.05, 3.63) is 60.2 Å². The Balaban J connectivity index is 0.0000221. The highest BCUT2D eigenvalue weighted by Gasteiger charge is 2.23. The summed E-state index contributed by atoms with van der Waals surface area (Å²) in [5.41, 5.74) is 1.38. The van der Waals surface area contributed by atoms with Gasteiger partial charge in [0.25, 0.3) is 0 Å². The number of nitrogens with zero attached hydrogens (tertiary/aromatic N) is 1. The van der Waals surface area contributed by atoms with Crippen LogP contribution in [0, 0.1) is 0 Å². The third kappa shape index (κ3) is 32.1. The Labute approximate surface area is 306 Å². The van der Waals surface area contributed by atoms with Gasteiger partial charge in [-0.25, -0.2) is 0 Å². The number of benzene rings is 1. The Hall–Kier alpha value is -1.13. The highest BCUT2D eigenvalue weighted by molar-refractivity contribution is 5.13. The normalized spacial score (nSPS) is 12.7. The van der Waals surface area contributed by atoms with Crippen LogP contribution in [0.2, 0.25) is 0 Å². The highest BCUT2D eigenvalue weighted by Crippen LogP contribution is 2.14. The molecule has 4 heteroatoms. The van der Waals surface area contributed by atoms with Crippen LogP contribution in [0.1, 0.15) is 174 Å². The summed E-state index contributed by atoms with van der Waals surface area (Å²) in [6, 6.07) is 10.9. The largest absolute Gasteiger partial charge is 1.00 e. The number of hydrogen-bond donors (Lipinski definition) is 0. The van der Waals surface area contributed by atoms with Gasteiger partial charge in [0.2, 0.25) is 0 Å². The molecule has 0 saturated carbocycles. The molecule has 0 bridgehead atoms. The van der Waals surface area contributed by atoms with E-state index in [2.05, 4.69) is 82.6 Å². The van der Waals surface area contributed by atoms with Crippen LogP contribution in [-0.4, -0.2) is 51.0 Å². The van der Waals surface area contributed by atoms with Crippen molar-refractivity contribution < 1.29 is 26.4 Å². The van der Waals surface area contributed by atoms with Gasteiger partial charge < -0.3 is 26.4 Å². The van der Waals surface area contributed by atoms with Crippen molar-refractivity contribution in [3.63, 3.8) is 0 Å². The zero-order valence-corrected chi connectivity index (χ0v) is 33.2. The third-order valence-corrected chi connectivity index (χ3v) is 9.27. The van der Waals surface area contributed by atoms with Crippen LogP contribution in [0.5, 0.6) is 0 Å². The minimum atomic E-state index is 0. The summed E-state index contributed by atoms with van der Waals surface area (Å²) >= 11 is 0. The van der Waals surface area contributed by atoms with E-state index in [9.17, 15) is 0 Å².